The average Bonchev–Trinajstić information content (AvgIpc) is 3.01. The number of benzene rings is 1. The van der Waals surface area contributed by atoms with Gasteiger partial charge in [-0.15, -0.1) is 0 Å². The summed E-state index contributed by atoms with van der Waals surface area (Å²) in [4.78, 5) is 11.6. The van der Waals surface area contributed by atoms with Crippen molar-refractivity contribution in [2.24, 2.45) is 7.05 Å². The van der Waals surface area contributed by atoms with Gasteiger partial charge in [0.1, 0.15) is 5.69 Å². The Labute approximate surface area is 160 Å². The minimum absolute atomic E-state index is 0.650. The van der Waals surface area contributed by atoms with Crippen molar-refractivity contribution in [2.45, 2.75) is 26.7 Å². The van der Waals surface area contributed by atoms with Gasteiger partial charge in [-0.05, 0) is 44.6 Å². The molecule has 0 radical (unpaired) electrons. The molecule has 0 aliphatic carbocycles. The number of hydrogen-bond acceptors (Lipinski definition) is 6. The molecule has 1 aromatic carbocycles. The number of unbranched alkanes of at least 4 members (excludes halogenated alkanes) is 1. The highest BCUT2D eigenvalue weighted by atomic mass is 15.3. The van der Waals surface area contributed by atoms with Crippen molar-refractivity contribution in [1.82, 2.24) is 24.6 Å². The van der Waals surface area contributed by atoms with Crippen molar-refractivity contribution < 1.29 is 0 Å². The lowest BCUT2D eigenvalue weighted by atomic mass is 10.1. The zero-order valence-corrected chi connectivity index (χ0v) is 16.4. The van der Waals surface area contributed by atoms with Crippen molar-refractivity contribution in [3.63, 3.8) is 0 Å². The van der Waals surface area contributed by atoms with Crippen LogP contribution in [0.2, 0.25) is 0 Å². The summed E-state index contributed by atoms with van der Waals surface area (Å²) in [6.45, 7) is 8.65. The lowest BCUT2D eigenvalue weighted by molar-refractivity contribution is 0.298. The summed E-state index contributed by atoms with van der Waals surface area (Å²) in [5, 5.41) is 8.89. The van der Waals surface area contributed by atoms with Crippen LogP contribution in [0.4, 0.5) is 11.6 Å². The molecule has 0 bridgehead atoms. The minimum atomic E-state index is 0.650. The van der Waals surface area contributed by atoms with Gasteiger partial charge in [0.05, 0.1) is 5.39 Å². The first-order chi connectivity index (χ1) is 13.1. The number of nitrogens with zero attached hydrogens (tertiary/aromatic N) is 5. The Morgan fingerprint density at radius 2 is 1.85 bits per heavy atom. The fraction of sp³-hybridized carbons (Fsp3) is 0.450. The second kappa shape index (κ2) is 8.81. The number of nitrogens with two attached hydrogens (primary N) is 1. The number of nitrogen functional groups attached to an aromatic ring is 1. The number of hydrogen-bond donors (Lipinski definition) is 2. The number of aromatic nitrogens is 4. The summed E-state index contributed by atoms with van der Waals surface area (Å²) in [6.07, 6.45) is 4.11. The first kappa shape index (κ1) is 19.1. The van der Waals surface area contributed by atoms with Gasteiger partial charge in [-0.25, -0.2) is 9.67 Å². The van der Waals surface area contributed by atoms with E-state index in [1.807, 2.05) is 37.5 Å². The van der Waals surface area contributed by atoms with E-state index in [-0.39, 0.29) is 0 Å². The van der Waals surface area contributed by atoms with Gasteiger partial charge in [-0.3, -0.25) is 0 Å². The third kappa shape index (κ3) is 4.54. The molecule has 0 aliphatic heterocycles. The SMILES string of the molecule is CCN(CC)CCCCNc1ncc2c(-c3ccc(N)cc3)nn(C)c2n1. The van der Waals surface area contributed by atoms with E-state index in [2.05, 4.69) is 39.1 Å². The number of anilines is 2. The molecule has 3 aromatic rings. The highest BCUT2D eigenvalue weighted by Crippen LogP contribution is 2.27. The Morgan fingerprint density at radius 1 is 1.11 bits per heavy atom. The molecule has 3 N–H and O–H groups in total. The normalized spacial score (nSPS) is 11.4. The first-order valence-corrected chi connectivity index (χ1v) is 9.64. The van der Waals surface area contributed by atoms with Crippen LogP contribution in [0.1, 0.15) is 26.7 Å². The highest BCUT2D eigenvalue weighted by Gasteiger charge is 2.13. The fourth-order valence-electron chi connectivity index (χ4n) is 3.18. The van der Waals surface area contributed by atoms with E-state index in [9.17, 15) is 0 Å². The average molecular weight is 368 g/mol. The van der Waals surface area contributed by atoms with Gasteiger partial charge < -0.3 is 16.0 Å². The van der Waals surface area contributed by atoms with E-state index in [0.717, 1.165) is 60.6 Å². The summed E-state index contributed by atoms with van der Waals surface area (Å²) >= 11 is 0. The molecule has 0 saturated carbocycles. The quantitative estimate of drug-likeness (QED) is 0.446. The van der Waals surface area contributed by atoms with Crippen LogP contribution >= 0.6 is 0 Å². The zero-order chi connectivity index (χ0) is 19.2. The van der Waals surface area contributed by atoms with Crippen molar-refractivity contribution in [1.29, 1.82) is 0 Å². The fourth-order valence-corrected chi connectivity index (χ4v) is 3.18. The third-order valence-electron chi connectivity index (χ3n) is 4.84. The third-order valence-corrected chi connectivity index (χ3v) is 4.84. The zero-order valence-electron chi connectivity index (χ0n) is 16.4. The van der Waals surface area contributed by atoms with E-state index in [0.29, 0.717) is 5.95 Å². The second-order valence-corrected chi connectivity index (χ2v) is 6.69. The van der Waals surface area contributed by atoms with Crippen LogP contribution in [0.15, 0.2) is 30.5 Å². The van der Waals surface area contributed by atoms with E-state index in [4.69, 9.17) is 5.73 Å². The Balaban J connectivity index is 1.66. The van der Waals surface area contributed by atoms with Gasteiger partial charge >= 0.3 is 0 Å². The molecule has 2 heterocycles. The molecule has 0 spiro atoms. The molecule has 2 aromatic heterocycles. The Hall–Kier alpha value is -2.67. The van der Waals surface area contributed by atoms with Gasteiger partial charge in [0.25, 0.3) is 0 Å². The molecular weight excluding hydrogens is 338 g/mol. The summed E-state index contributed by atoms with van der Waals surface area (Å²) in [7, 11) is 1.91. The van der Waals surface area contributed by atoms with Crippen LogP contribution < -0.4 is 11.1 Å². The van der Waals surface area contributed by atoms with Crippen molar-refractivity contribution in [3.05, 3.63) is 30.5 Å². The molecule has 0 atom stereocenters. The summed E-state index contributed by atoms with van der Waals surface area (Å²) in [6, 6.07) is 7.70. The number of fused-ring (bicyclic) bond motifs is 1. The number of aryl methyl sites for hydroxylation is 1. The number of nitrogens with one attached hydrogen (secondary N) is 1. The largest absolute Gasteiger partial charge is 0.399 e. The van der Waals surface area contributed by atoms with Crippen LogP contribution in [0.3, 0.4) is 0 Å². The predicted molar refractivity (Wildman–Crippen MR) is 112 cm³/mol. The van der Waals surface area contributed by atoms with E-state index < -0.39 is 0 Å². The summed E-state index contributed by atoms with van der Waals surface area (Å²) < 4.78 is 1.80. The van der Waals surface area contributed by atoms with Gasteiger partial charge in [0.15, 0.2) is 5.65 Å². The second-order valence-electron chi connectivity index (χ2n) is 6.69. The summed E-state index contributed by atoms with van der Waals surface area (Å²) in [5.74, 6) is 0.650. The van der Waals surface area contributed by atoms with Crippen LogP contribution in [-0.2, 0) is 7.05 Å². The van der Waals surface area contributed by atoms with Crippen LogP contribution in [-0.4, -0.2) is 50.8 Å². The molecule has 7 nitrogen and oxygen atoms in total. The van der Waals surface area contributed by atoms with E-state index >= 15 is 0 Å². The molecule has 0 fully saturated rings. The lowest BCUT2D eigenvalue weighted by Crippen LogP contribution is -2.24. The maximum absolute atomic E-state index is 5.78. The van der Waals surface area contributed by atoms with Gasteiger partial charge in [-0.2, -0.15) is 10.1 Å². The van der Waals surface area contributed by atoms with E-state index in [1.54, 1.807) is 4.68 Å². The van der Waals surface area contributed by atoms with Crippen molar-refractivity contribution >= 4 is 22.7 Å². The van der Waals surface area contributed by atoms with Gasteiger partial charge in [-0.1, -0.05) is 26.0 Å². The Morgan fingerprint density at radius 3 is 2.56 bits per heavy atom. The Kier molecular flexibility index (Phi) is 6.24. The molecule has 7 heteroatoms. The predicted octanol–water partition coefficient (Wildman–Crippen LogP) is 3.15. The summed E-state index contributed by atoms with van der Waals surface area (Å²) in [5.41, 5.74) is 9.22. The topological polar surface area (TPSA) is 84.9 Å². The minimum Gasteiger partial charge on any atom is -0.399 e. The maximum Gasteiger partial charge on any atom is 0.224 e. The molecule has 144 valence electrons. The molecule has 0 saturated heterocycles. The van der Waals surface area contributed by atoms with Crippen molar-refractivity contribution in [2.75, 3.05) is 37.2 Å². The highest BCUT2D eigenvalue weighted by molar-refractivity contribution is 5.91. The monoisotopic (exact) mass is 367 g/mol. The molecule has 0 aliphatic rings. The molecule has 27 heavy (non-hydrogen) atoms. The van der Waals surface area contributed by atoms with E-state index in [1.165, 1.54) is 6.42 Å². The lowest BCUT2D eigenvalue weighted by Gasteiger charge is -2.17. The van der Waals surface area contributed by atoms with Crippen LogP contribution in [0, 0.1) is 0 Å². The van der Waals surface area contributed by atoms with Gasteiger partial charge in [0, 0.05) is 31.0 Å². The van der Waals surface area contributed by atoms with Crippen molar-refractivity contribution in [3.8, 4) is 11.3 Å². The molecular formula is C20H29N7. The molecule has 0 amide bonds. The van der Waals surface area contributed by atoms with Crippen LogP contribution in [0.25, 0.3) is 22.3 Å². The smallest absolute Gasteiger partial charge is 0.224 e. The number of rotatable bonds is 9. The first-order valence-electron chi connectivity index (χ1n) is 9.64. The molecule has 0 unspecified atom stereocenters. The Bertz CT molecular complexity index is 866. The molecule has 3 rings (SSSR count). The van der Waals surface area contributed by atoms with Gasteiger partial charge in [0.2, 0.25) is 5.95 Å². The standard InChI is InChI=1S/C20H29N7/c1-4-27(5-2)13-7-6-12-22-20-23-14-17-18(25-26(3)19(17)24-20)15-8-10-16(21)11-9-15/h8-11,14H,4-7,12-13,21H2,1-3H3,(H,22,23,24). The maximum atomic E-state index is 5.78. The van der Waals surface area contributed by atoms with Crippen LogP contribution in [0.5, 0.6) is 0 Å².